The number of nitrogen functional groups attached to an aromatic ring is 1. The van der Waals surface area contributed by atoms with Gasteiger partial charge in [0.05, 0.1) is 0 Å². The molecule has 0 atom stereocenters. The van der Waals surface area contributed by atoms with E-state index in [1.807, 2.05) is 6.20 Å². The fourth-order valence-corrected chi connectivity index (χ4v) is 3.67. The molecular formula is C14H20N4OS2. The molecular weight excluding hydrogens is 304 g/mol. The number of hydrogen-bond donors (Lipinski definition) is 2. The van der Waals surface area contributed by atoms with E-state index >= 15 is 0 Å². The summed E-state index contributed by atoms with van der Waals surface area (Å²) in [5.41, 5.74) is 5.68. The third-order valence-corrected chi connectivity index (χ3v) is 4.72. The minimum Gasteiger partial charge on any atom is -0.375 e. The number of nitrogens with one attached hydrogen (secondary N) is 1. The van der Waals surface area contributed by atoms with E-state index < -0.39 is 0 Å². The molecule has 0 bridgehead atoms. The fourth-order valence-electron chi connectivity index (χ4n) is 2.01. The maximum atomic E-state index is 11.0. The van der Waals surface area contributed by atoms with Gasteiger partial charge in [0, 0.05) is 53.9 Å². The fraction of sp³-hybridized carbons (Fsp3) is 0.429. The summed E-state index contributed by atoms with van der Waals surface area (Å²) in [6.07, 6.45) is 1.82. The molecule has 0 radical (unpaired) electrons. The van der Waals surface area contributed by atoms with Crippen LogP contribution in [-0.2, 0) is 17.9 Å². The van der Waals surface area contributed by atoms with Crippen LogP contribution < -0.4 is 11.1 Å². The minimum absolute atomic E-state index is 0.00366. The van der Waals surface area contributed by atoms with Crippen molar-refractivity contribution in [3.8, 4) is 0 Å². The third-order valence-electron chi connectivity index (χ3n) is 2.93. The number of thiazole rings is 1. The lowest BCUT2D eigenvalue weighted by Gasteiger charge is -2.20. The standard InChI is InChI=1S/C14H20N4OS2/c1-10-3-4-12(20-10)8-18(6-5-16-11(2)19)9-13-7-17-14(15)21-13/h3-4,7H,5-6,8-9H2,1-2H3,(H2,15,17)(H,16,19). The molecule has 1 amide bonds. The highest BCUT2D eigenvalue weighted by Crippen LogP contribution is 2.20. The number of amides is 1. The number of nitrogens with zero attached hydrogens (tertiary/aromatic N) is 2. The van der Waals surface area contributed by atoms with E-state index in [2.05, 4.69) is 34.3 Å². The summed E-state index contributed by atoms with van der Waals surface area (Å²) >= 11 is 3.32. The lowest BCUT2D eigenvalue weighted by Crippen LogP contribution is -2.33. The molecule has 7 heteroatoms. The van der Waals surface area contributed by atoms with Crippen molar-refractivity contribution in [1.82, 2.24) is 15.2 Å². The van der Waals surface area contributed by atoms with Crippen molar-refractivity contribution in [1.29, 1.82) is 0 Å². The molecule has 0 aliphatic carbocycles. The second-order valence-corrected chi connectivity index (χ2v) is 7.39. The van der Waals surface area contributed by atoms with Gasteiger partial charge >= 0.3 is 0 Å². The first-order valence-corrected chi connectivity index (χ1v) is 8.38. The van der Waals surface area contributed by atoms with Crippen molar-refractivity contribution in [2.24, 2.45) is 0 Å². The third kappa shape index (κ3) is 5.45. The highest BCUT2D eigenvalue weighted by molar-refractivity contribution is 7.15. The van der Waals surface area contributed by atoms with Gasteiger partial charge in [0.15, 0.2) is 5.13 Å². The van der Waals surface area contributed by atoms with E-state index in [4.69, 9.17) is 5.73 Å². The Bertz CT molecular complexity index is 551. The van der Waals surface area contributed by atoms with Gasteiger partial charge in [0.1, 0.15) is 0 Å². The normalized spacial score (nSPS) is 11.0. The minimum atomic E-state index is 0.00366. The average Bonchev–Trinajstić information content (AvgIpc) is 2.98. The number of thiophene rings is 1. The zero-order valence-corrected chi connectivity index (χ0v) is 13.9. The Labute approximate surface area is 132 Å². The summed E-state index contributed by atoms with van der Waals surface area (Å²) in [6, 6.07) is 4.29. The van der Waals surface area contributed by atoms with Gasteiger partial charge in [-0.3, -0.25) is 9.69 Å². The van der Waals surface area contributed by atoms with E-state index in [-0.39, 0.29) is 5.91 Å². The molecule has 2 rings (SSSR count). The van der Waals surface area contributed by atoms with Crippen LogP contribution in [0.15, 0.2) is 18.3 Å². The van der Waals surface area contributed by atoms with Crippen LogP contribution in [0.4, 0.5) is 5.13 Å². The van der Waals surface area contributed by atoms with E-state index in [1.165, 1.54) is 28.0 Å². The topological polar surface area (TPSA) is 71.2 Å². The van der Waals surface area contributed by atoms with Crippen LogP contribution in [0.2, 0.25) is 0 Å². The molecule has 0 fully saturated rings. The molecule has 0 saturated carbocycles. The molecule has 5 nitrogen and oxygen atoms in total. The Kier molecular flexibility index (Phi) is 5.72. The molecule has 114 valence electrons. The number of rotatable bonds is 7. The van der Waals surface area contributed by atoms with Crippen LogP contribution in [0.1, 0.15) is 21.6 Å². The highest BCUT2D eigenvalue weighted by Gasteiger charge is 2.10. The monoisotopic (exact) mass is 324 g/mol. The van der Waals surface area contributed by atoms with E-state index in [0.717, 1.165) is 24.5 Å². The summed E-state index contributed by atoms with van der Waals surface area (Å²) in [4.78, 5) is 21.2. The van der Waals surface area contributed by atoms with E-state index in [1.54, 1.807) is 11.3 Å². The summed E-state index contributed by atoms with van der Waals surface area (Å²) in [5, 5.41) is 3.44. The molecule has 3 N–H and O–H groups in total. The summed E-state index contributed by atoms with van der Waals surface area (Å²) in [6.45, 7) is 6.76. The largest absolute Gasteiger partial charge is 0.375 e. The van der Waals surface area contributed by atoms with Crippen molar-refractivity contribution >= 4 is 33.7 Å². The van der Waals surface area contributed by atoms with Gasteiger partial charge in [-0.1, -0.05) is 0 Å². The average molecular weight is 324 g/mol. The Morgan fingerprint density at radius 2 is 2.10 bits per heavy atom. The first-order valence-electron chi connectivity index (χ1n) is 6.75. The quantitative estimate of drug-likeness (QED) is 0.819. The summed E-state index contributed by atoms with van der Waals surface area (Å²) in [7, 11) is 0. The SMILES string of the molecule is CC(=O)NCCN(Cc1ccc(C)s1)Cc1cnc(N)s1. The number of nitrogens with two attached hydrogens (primary N) is 1. The van der Waals surface area contributed by atoms with Crippen molar-refractivity contribution < 1.29 is 4.79 Å². The van der Waals surface area contributed by atoms with Crippen LogP contribution in [0.25, 0.3) is 0 Å². The zero-order valence-electron chi connectivity index (χ0n) is 12.3. The summed E-state index contributed by atoms with van der Waals surface area (Å²) in [5.74, 6) is 0.00366. The van der Waals surface area contributed by atoms with Crippen LogP contribution in [0.5, 0.6) is 0 Å². The Morgan fingerprint density at radius 3 is 2.67 bits per heavy atom. The molecule has 0 aromatic carbocycles. The van der Waals surface area contributed by atoms with Crippen LogP contribution in [0.3, 0.4) is 0 Å². The van der Waals surface area contributed by atoms with Crippen molar-refractivity contribution in [3.63, 3.8) is 0 Å². The molecule has 0 saturated heterocycles. The van der Waals surface area contributed by atoms with Crippen molar-refractivity contribution in [2.75, 3.05) is 18.8 Å². The molecule has 21 heavy (non-hydrogen) atoms. The van der Waals surface area contributed by atoms with Gasteiger partial charge in [-0.15, -0.1) is 22.7 Å². The van der Waals surface area contributed by atoms with Crippen molar-refractivity contribution in [2.45, 2.75) is 26.9 Å². The van der Waals surface area contributed by atoms with Crippen LogP contribution in [-0.4, -0.2) is 28.9 Å². The number of aryl methyl sites for hydroxylation is 1. The van der Waals surface area contributed by atoms with Gasteiger partial charge in [-0.05, 0) is 19.1 Å². The second kappa shape index (κ2) is 7.53. The number of aromatic nitrogens is 1. The smallest absolute Gasteiger partial charge is 0.216 e. The Hall–Kier alpha value is -1.44. The Morgan fingerprint density at radius 1 is 1.33 bits per heavy atom. The zero-order chi connectivity index (χ0) is 15.2. The highest BCUT2D eigenvalue weighted by atomic mass is 32.1. The Balaban J connectivity index is 1.96. The number of carbonyl (C=O) groups is 1. The predicted octanol–water partition coefficient (Wildman–Crippen LogP) is 2.23. The first-order chi connectivity index (χ1) is 10.0. The van der Waals surface area contributed by atoms with Gasteiger partial charge in [-0.2, -0.15) is 0 Å². The molecule has 0 unspecified atom stereocenters. The van der Waals surface area contributed by atoms with E-state index in [0.29, 0.717) is 11.7 Å². The second-order valence-electron chi connectivity index (χ2n) is 4.87. The van der Waals surface area contributed by atoms with Gasteiger partial charge in [0.25, 0.3) is 0 Å². The van der Waals surface area contributed by atoms with Crippen LogP contribution in [0, 0.1) is 6.92 Å². The summed E-state index contributed by atoms with van der Waals surface area (Å²) < 4.78 is 0. The van der Waals surface area contributed by atoms with Gasteiger partial charge in [-0.25, -0.2) is 4.98 Å². The van der Waals surface area contributed by atoms with Gasteiger partial charge in [0.2, 0.25) is 5.91 Å². The first kappa shape index (κ1) is 15.9. The number of hydrogen-bond acceptors (Lipinski definition) is 6. The molecule has 2 aromatic heterocycles. The maximum Gasteiger partial charge on any atom is 0.216 e. The van der Waals surface area contributed by atoms with Gasteiger partial charge < -0.3 is 11.1 Å². The number of carbonyl (C=O) groups excluding carboxylic acids is 1. The number of anilines is 1. The predicted molar refractivity (Wildman–Crippen MR) is 88.4 cm³/mol. The van der Waals surface area contributed by atoms with Crippen molar-refractivity contribution in [3.05, 3.63) is 33.0 Å². The lowest BCUT2D eigenvalue weighted by atomic mass is 10.3. The lowest BCUT2D eigenvalue weighted by molar-refractivity contribution is -0.119. The maximum absolute atomic E-state index is 11.0. The molecule has 0 spiro atoms. The molecule has 2 aromatic rings. The molecule has 2 heterocycles. The van der Waals surface area contributed by atoms with E-state index in [9.17, 15) is 4.79 Å². The molecule has 0 aliphatic heterocycles. The van der Waals surface area contributed by atoms with Crippen LogP contribution >= 0.6 is 22.7 Å². The molecule has 0 aliphatic rings.